The number of thioether (sulfide) groups is 1. The summed E-state index contributed by atoms with van der Waals surface area (Å²) in [5.41, 5.74) is 5.68. The fourth-order valence-electron chi connectivity index (χ4n) is 3.30. The second-order valence-corrected chi connectivity index (χ2v) is 7.77. The number of nitriles is 1. The number of para-hydroxylation sites is 1. The van der Waals surface area contributed by atoms with Crippen molar-refractivity contribution < 1.29 is 4.79 Å². The summed E-state index contributed by atoms with van der Waals surface area (Å²) >= 11 is 1.32. The predicted octanol–water partition coefficient (Wildman–Crippen LogP) is 4.62. The van der Waals surface area contributed by atoms with Gasteiger partial charge in [0.1, 0.15) is 6.07 Å². The average Bonchev–Trinajstić information content (AvgIpc) is 3.12. The Kier molecular flexibility index (Phi) is 5.50. The molecular weight excluding hydrogens is 394 g/mol. The van der Waals surface area contributed by atoms with Gasteiger partial charge in [-0.15, -0.1) is 0 Å². The van der Waals surface area contributed by atoms with Crippen LogP contribution >= 0.6 is 11.8 Å². The lowest BCUT2D eigenvalue weighted by molar-refractivity contribution is -0.113. The number of benzene rings is 2. The molecule has 0 radical (unpaired) electrons. The van der Waals surface area contributed by atoms with E-state index >= 15 is 0 Å². The zero-order valence-corrected chi connectivity index (χ0v) is 17.4. The van der Waals surface area contributed by atoms with E-state index in [1.54, 1.807) is 24.3 Å². The van der Waals surface area contributed by atoms with Crippen LogP contribution in [0.2, 0.25) is 0 Å². The topological polar surface area (TPSA) is 83.1 Å². The highest BCUT2D eigenvalue weighted by atomic mass is 32.2. The summed E-state index contributed by atoms with van der Waals surface area (Å²) < 4.78 is 1.81. The van der Waals surface area contributed by atoms with Crippen LogP contribution < -0.4 is 5.32 Å². The number of aromatic nitrogens is 3. The lowest BCUT2D eigenvalue weighted by atomic mass is 10.1. The molecule has 0 spiro atoms. The van der Waals surface area contributed by atoms with Crippen LogP contribution in [0.3, 0.4) is 0 Å². The van der Waals surface area contributed by atoms with Gasteiger partial charge in [-0.25, -0.2) is 9.50 Å². The highest BCUT2D eigenvalue weighted by Gasteiger charge is 2.18. The van der Waals surface area contributed by atoms with Crippen molar-refractivity contribution in [3.8, 4) is 17.3 Å². The number of fused-ring (bicyclic) bond motifs is 1. The van der Waals surface area contributed by atoms with Crippen molar-refractivity contribution in [1.29, 1.82) is 5.26 Å². The molecule has 0 saturated carbocycles. The molecule has 0 unspecified atom stereocenters. The molecule has 4 aromatic rings. The summed E-state index contributed by atoms with van der Waals surface area (Å²) in [7, 11) is 0. The van der Waals surface area contributed by atoms with E-state index in [4.69, 9.17) is 4.98 Å². The molecule has 0 fully saturated rings. The molecule has 148 valence electrons. The lowest BCUT2D eigenvalue weighted by Gasteiger charge is -2.06. The van der Waals surface area contributed by atoms with E-state index in [2.05, 4.69) is 16.5 Å². The average molecular weight is 414 g/mol. The molecule has 2 heterocycles. The molecule has 4 rings (SSSR count). The minimum atomic E-state index is -0.204. The van der Waals surface area contributed by atoms with Crippen LogP contribution in [0.25, 0.3) is 16.8 Å². The number of imidazole rings is 1. The first-order valence-corrected chi connectivity index (χ1v) is 10.4. The maximum Gasteiger partial charge on any atom is 0.234 e. The van der Waals surface area contributed by atoms with Gasteiger partial charge < -0.3 is 5.32 Å². The van der Waals surface area contributed by atoms with Crippen molar-refractivity contribution in [2.24, 2.45) is 0 Å². The first kappa shape index (κ1) is 19.7. The number of nitrogens with zero attached hydrogens (tertiary/aromatic N) is 4. The second-order valence-electron chi connectivity index (χ2n) is 6.83. The molecule has 0 atom stereocenters. The summed E-state index contributed by atoms with van der Waals surface area (Å²) in [6.45, 7) is 3.98. The van der Waals surface area contributed by atoms with Gasteiger partial charge in [0, 0.05) is 5.56 Å². The van der Waals surface area contributed by atoms with Crippen LogP contribution in [-0.2, 0) is 4.79 Å². The van der Waals surface area contributed by atoms with E-state index in [9.17, 15) is 10.1 Å². The maximum atomic E-state index is 12.5. The number of carbonyl (C=O) groups is 1. The Labute approximate surface area is 178 Å². The fourth-order valence-corrected chi connectivity index (χ4v) is 4.05. The maximum absolute atomic E-state index is 12.5. The third kappa shape index (κ3) is 3.91. The normalized spacial score (nSPS) is 10.7. The standard InChI is InChI=1S/C23H19N5OS/c1-15-12-16(2)27-28-22(15)21(17-8-4-3-5-9-17)26-23(28)30-14-20(29)25-19-11-7-6-10-18(19)13-24/h3-12H,14H2,1-2H3,(H,25,29). The minimum absolute atomic E-state index is 0.155. The summed E-state index contributed by atoms with van der Waals surface area (Å²) in [5.74, 6) is -0.0491. The number of hydrogen-bond acceptors (Lipinski definition) is 5. The molecule has 2 aromatic carbocycles. The van der Waals surface area contributed by atoms with E-state index in [1.807, 2.05) is 54.8 Å². The lowest BCUT2D eigenvalue weighted by Crippen LogP contribution is -2.15. The molecule has 2 aromatic heterocycles. The van der Waals surface area contributed by atoms with Crippen LogP contribution in [0, 0.1) is 25.2 Å². The molecule has 30 heavy (non-hydrogen) atoms. The van der Waals surface area contributed by atoms with Crippen molar-refractivity contribution in [3.63, 3.8) is 0 Å². The molecule has 0 bridgehead atoms. The van der Waals surface area contributed by atoms with Crippen LogP contribution in [0.5, 0.6) is 0 Å². The Bertz CT molecular complexity index is 1270. The Morgan fingerprint density at radius 1 is 1.13 bits per heavy atom. The van der Waals surface area contributed by atoms with Gasteiger partial charge in [-0.2, -0.15) is 10.4 Å². The molecule has 0 aliphatic rings. The molecular formula is C23H19N5OS. The van der Waals surface area contributed by atoms with E-state index < -0.39 is 0 Å². The largest absolute Gasteiger partial charge is 0.324 e. The van der Waals surface area contributed by atoms with Crippen LogP contribution in [0.4, 0.5) is 5.69 Å². The van der Waals surface area contributed by atoms with Crippen LogP contribution in [-0.4, -0.2) is 26.3 Å². The second kappa shape index (κ2) is 8.39. The van der Waals surface area contributed by atoms with Gasteiger partial charge in [0.25, 0.3) is 0 Å². The first-order chi connectivity index (χ1) is 14.6. The van der Waals surface area contributed by atoms with E-state index in [0.29, 0.717) is 16.4 Å². The number of hydrogen-bond donors (Lipinski definition) is 1. The highest BCUT2D eigenvalue weighted by molar-refractivity contribution is 7.99. The minimum Gasteiger partial charge on any atom is -0.324 e. The number of aryl methyl sites for hydroxylation is 2. The van der Waals surface area contributed by atoms with Crippen molar-refractivity contribution in [2.45, 2.75) is 19.0 Å². The molecule has 0 aliphatic carbocycles. The van der Waals surface area contributed by atoms with Gasteiger partial charge in [-0.3, -0.25) is 4.79 Å². The molecule has 0 aliphatic heterocycles. The summed E-state index contributed by atoms with van der Waals surface area (Å²) in [4.78, 5) is 17.3. The zero-order valence-electron chi connectivity index (χ0n) is 16.6. The summed E-state index contributed by atoms with van der Waals surface area (Å²) in [6.07, 6.45) is 0. The molecule has 1 N–H and O–H groups in total. The molecule has 6 nitrogen and oxygen atoms in total. The Morgan fingerprint density at radius 2 is 1.87 bits per heavy atom. The number of amides is 1. The third-order valence-electron chi connectivity index (χ3n) is 4.58. The van der Waals surface area contributed by atoms with Gasteiger partial charge >= 0.3 is 0 Å². The number of carbonyl (C=O) groups excluding carboxylic acids is 1. The summed E-state index contributed by atoms with van der Waals surface area (Å²) in [6, 6.07) is 21.0. The summed E-state index contributed by atoms with van der Waals surface area (Å²) in [5, 5.41) is 17.3. The SMILES string of the molecule is Cc1cc(C)c2c(-c3ccccc3)nc(SCC(=O)Nc3ccccc3C#N)n2n1. The highest BCUT2D eigenvalue weighted by Crippen LogP contribution is 2.30. The van der Waals surface area contributed by atoms with Gasteiger partial charge in [0.2, 0.25) is 5.91 Å². The monoisotopic (exact) mass is 413 g/mol. The Morgan fingerprint density at radius 3 is 2.63 bits per heavy atom. The quantitative estimate of drug-likeness (QED) is 0.483. The molecule has 1 amide bonds. The molecule has 7 heteroatoms. The Hall–Kier alpha value is -3.63. The van der Waals surface area contributed by atoms with Crippen molar-refractivity contribution >= 4 is 28.9 Å². The number of anilines is 1. The van der Waals surface area contributed by atoms with Crippen molar-refractivity contribution in [2.75, 3.05) is 11.1 Å². The van der Waals surface area contributed by atoms with Gasteiger partial charge in [-0.05, 0) is 37.6 Å². The van der Waals surface area contributed by atoms with E-state index in [-0.39, 0.29) is 11.7 Å². The van der Waals surface area contributed by atoms with Crippen LogP contribution in [0.15, 0.2) is 65.8 Å². The number of rotatable bonds is 5. The van der Waals surface area contributed by atoms with Gasteiger partial charge in [0.15, 0.2) is 5.16 Å². The van der Waals surface area contributed by atoms with Gasteiger partial charge in [0.05, 0.1) is 33.9 Å². The smallest absolute Gasteiger partial charge is 0.234 e. The van der Waals surface area contributed by atoms with E-state index in [0.717, 1.165) is 28.0 Å². The number of nitrogens with one attached hydrogen (secondary N) is 1. The van der Waals surface area contributed by atoms with Crippen molar-refractivity contribution in [3.05, 3.63) is 77.5 Å². The predicted molar refractivity (Wildman–Crippen MR) is 118 cm³/mol. The van der Waals surface area contributed by atoms with Gasteiger partial charge in [-0.1, -0.05) is 54.2 Å². The van der Waals surface area contributed by atoms with Crippen molar-refractivity contribution in [1.82, 2.24) is 14.6 Å². The zero-order chi connectivity index (χ0) is 21.1. The first-order valence-electron chi connectivity index (χ1n) is 9.41. The third-order valence-corrected chi connectivity index (χ3v) is 5.51. The van der Waals surface area contributed by atoms with E-state index in [1.165, 1.54) is 11.8 Å². The van der Waals surface area contributed by atoms with Crippen LogP contribution in [0.1, 0.15) is 16.8 Å². The molecule has 0 saturated heterocycles. The Balaban J connectivity index is 1.63. The fraction of sp³-hybridized carbons (Fsp3) is 0.130.